The molecule has 0 bridgehead atoms. The molecule has 0 saturated carbocycles. The molecule has 4 atom stereocenters. The zero-order chi connectivity index (χ0) is 15.9. The molecule has 1 amide bonds. The highest BCUT2D eigenvalue weighted by Crippen LogP contribution is 2.35. The number of nitrogens with zero attached hydrogens (tertiary/aromatic N) is 2. The fourth-order valence-electron chi connectivity index (χ4n) is 3.34. The Labute approximate surface area is 133 Å². The van der Waals surface area contributed by atoms with Crippen LogP contribution in [0.25, 0.3) is 0 Å². The van der Waals surface area contributed by atoms with E-state index < -0.39 is 18.2 Å². The number of carboxylic acid groups (broad SMARTS) is 1. The first kappa shape index (κ1) is 15.4. The fraction of sp³-hybridized carbons (Fsp3) is 0.667. The van der Waals surface area contributed by atoms with Gasteiger partial charge >= 0.3 is 5.97 Å². The van der Waals surface area contributed by atoms with Crippen LogP contribution in [0.5, 0.6) is 0 Å². The quantitative estimate of drug-likeness (QED) is 0.920. The van der Waals surface area contributed by atoms with Crippen LogP contribution in [0, 0.1) is 12.8 Å². The second-order valence-electron chi connectivity index (χ2n) is 6.08. The molecule has 1 aromatic heterocycles. The number of amides is 1. The van der Waals surface area contributed by atoms with Gasteiger partial charge in [0.1, 0.15) is 6.10 Å². The maximum Gasteiger partial charge on any atom is 0.333 e. The van der Waals surface area contributed by atoms with Crippen molar-refractivity contribution in [3.63, 3.8) is 0 Å². The predicted molar refractivity (Wildman–Crippen MR) is 80.6 cm³/mol. The van der Waals surface area contributed by atoms with E-state index in [1.54, 1.807) is 11.3 Å². The van der Waals surface area contributed by atoms with Crippen LogP contribution in [0.1, 0.15) is 42.9 Å². The van der Waals surface area contributed by atoms with E-state index in [1.807, 2.05) is 24.1 Å². The molecule has 6 nitrogen and oxygen atoms in total. The lowest BCUT2D eigenvalue weighted by atomic mass is 10.0. The van der Waals surface area contributed by atoms with Gasteiger partial charge in [0, 0.05) is 11.9 Å². The largest absolute Gasteiger partial charge is 0.479 e. The monoisotopic (exact) mass is 324 g/mol. The number of ether oxygens (including phenoxy) is 1. The van der Waals surface area contributed by atoms with E-state index in [-0.39, 0.29) is 17.9 Å². The topological polar surface area (TPSA) is 79.7 Å². The van der Waals surface area contributed by atoms with Gasteiger partial charge in [-0.15, -0.1) is 11.3 Å². The number of hydrogen-bond acceptors (Lipinski definition) is 5. The Hall–Kier alpha value is -1.47. The van der Waals surface area contributed by atoms with Gasteiger partial charge in [0.25, 0.3) is 5.91 Å². The number of carbonyl (C=O) groups is 2. The molecule has 0 unspecified atom stereocenters. The minimum atomic E-state index is -0.990. The number of aryl methyl sites for hydroxylation is 1. The van der Waals surface area contributed by atoms with Crippen LogP contribution in [0.15, 0.2) is 5.38 Å². The molecule has 1 aromatic rings. The smallest absolute Gasteiger partial charge is 0.333 e. The Bertz CT molecular complexity index is 588. The summed E-state index contributed by atoms with van der Waals surface area (Å²) in [6.07, 6.45) is 0.791. The minimum Gasteiger partial charge on any atom is -0.479 e. The van der Waals surface area contributed by atoms with Gasteiger partial charge in [0.05, 0.1) is 16.7 Å². The van der Waals surface area contributed by atoms with Crippen molar-refractivity contribution in [2.75, 3.05) is 6.54 Å². The van der Waals surface area contributed by atoms with E-state index in [2.05, 4.69) is 4.98 Å². The Balaban J connectivity index is 1.73. The zero-order valence-electron chi connectivity index (χ0n) is 12.7. The molecule has 1 N–H and O–H groups in total. The van der Waals surface area contributed by atoms with Crippen molar-refractivity contribution >= 4 is 23.2 Å². The van der Waals surface area contributed by atoms with Crippen LogP contribution in [-0.4, -0.2) is 45.6 Å². The van der Waals surface area contributed by atoms with Gasteiger partial charge in [-0.3, -0.25) is 4.79 Å². The summed E-state index contributed by atoms with van der Waals surface area (Å²) in [5.41, 5.74) is 0.939. The van der Waals surface area contributed by atoms with Crippen molar-refractivity contribution in [3.05, 3.63) is 16.1 Å². The van der Waals surface area contributed by atoms with Crippen LogP contribution in [0.3, 0.4) is 0 Å². The molecular weight excluding hydrogens is 304 g/mol. The van der Waals surface area contributed by atoms with Crippen LogP contribution < -0.4 is 0 Å². The molecule has 3 heterocycles. The first-order valence-corrected chi connectivity index (χ1v) is 8.46. The van der Waals surface area contributed by atoms with Crippen molar-refractivity contribution in [3.8, 4) is 0 Å². The average Bonchev–Trinajstić information content (AvgIpc) is 3.16. The highest BCUT2D eigenvalue weighted by molar-refractivity contribution is 7.09. The van der Waals surface area contributed by atoms with E-state index >= 15 is 0 Å². The molecule has 3 rings (SSSR count). The van der Waals surface area contributed by atoms with Crippen LogP contribution in [-0.2, 0) is 14.3 Å². The van der Waals surface area contributed by atoms with Crippen LogP contribution in [0.2, 0.25) is 0 Å². The van der Waals surface area contributed by atoms with E-state index in [0.717, 1.165) is 23.5 Å². The third kappa shape index (κ3) is 2.75. The molecule has 0 spiro atoms. The summed E-state index contributed by atoms with van der Waals surface area (Å²) < 4.78 is 5.49. The Morgan fingerprint density at radius 1 is 1.50 bits per heavy atom. The van der Waals surface area contributed by atoms with Crippen molar-refractivity contribution in [2.45, 2.75) is 51.4 Å². The van der Waals surface area contributed by atoms with Gasteiger partial charge in [-0.1, -0.05) is 6.92 Å². The molecule has 0 radical (unpaired) electrons. The third-order valence-electron chi connectivity index (χ3n) is 4.45. The lowest BCUT2D eigenvalue weighted by molar-refractivity contribution is -0.156. The number of rotatable bonds is 3. The summed E-state index contributed by atoms with van der Waals surface area (Å²) >= 11 is 1.58. The molecule has 22 heavy (non-hydrogen) atoms. The lowest BCUT2D eigenvalue weighted by Crippen LogP contribution is -2.39. The molecule has 2 saturated heterocycles. The summed E-state index contributed by atoms with van der Waals surface area (Å²) in [5.74, 6) is -1.23. The number of thiazole rings is 1. The summed E-state index contributed by atoms with van der Waals surface area (Å²) in [4.78, 5) is 30.2. The van der Waals surface area contributed by atoms with Crippen molar-refractivity contribution in [1.29, 1.82) is 0 Å². The zero-order valence-corrected chi connectivity index (χ0v) is 13.5. The molecular formula is C15H20N2O4S. The van der Waals surface area contributed by atoms with Crippen molar-refractivity contribution in [1.82, 2.24) is 9.88 Å². The number of aliphatic carboxylic acids is 1. The van der Waals surface area contributed by atoms with Gasteiger partial charge < -0.3 is 14.7 Å². The summed E-state index contributed by atoms with van der Waals surface area (Å²) in [6, 6.07) is 0.000217. The highest BCUT2D eigenvalue weighted by Gasteiger charge is 2.44. The minimum absolute atomic E-state index is 0.000217. The van der Waals surface area contributed by atoms with E-state index in [9.17, 15) is 9.59 Å². The van der Waals surface area contributed by atoms with Crippen molar-refractivity contribution < 1.29 is 19.4 Å². The van der Waals surface area contributed by atoms with E-state index in [4.69, 9.17) is 9.84 Å². The molecule has 2 aliphatic rings. The van der Waals surface area contributed by atoms with Gasteiger partial charge in [-0.05, 0) is 32.1 Å². The van der Waals surface area contributed by atoms with Gasteiger partial charge in [0.2, 0.25) is 0 Å². The number of likely N-dealkylation sites (tertiary alicyclic amines) is 1. The van der Waals surface area contributed by atoms with Crippen molar-refractivity contribution in [2.24, 2.45) is 5.92 Å². The lowest BCUT2D eigenvalue weighted by Gasteiger charge is -2.26. The van der Waals surface area contributed by atoms with Crippen LogP contribution in [0.4, 0.5) is 0 Å². The summed E-state index contributed by atoms with van der Waals surface area (Å²) in [6.45, 7) is 4.46. The first-order valence-electron chi connectivity index (χ1n) is 7.58. The molecule has 2 aliphatic heterocycles. The Morgan fingerprint density at radius 2 is 2.27 bits per heavy atom. The maximum atomic E-state index is 12.7. The molecule has 7 heteroatoms. The Morgan fingerprint density at radius 3 is 2.86 bits per heavy atom. The molecule has 0 aromatic carbocycles. The second kappa shape index (κ2) is 5.96. The van der Waals surface area contributed by atoms with Crippen LogP contribution >= 0.6 is 11.3 Å². The normalized spacial score (nSPS) is 31.6. The van der Waals surface area contributed by atoms with Gasteiger partial charge in [-0.2, -0.15) is 0 Å². The van der Waals surface area contributed by atoms with Gasteiger partial charge in [0.15, 0.2) is 6.10 Å². The maximum absolute atomic E-state index is 12.7. The van der Waals surface area contributed by atoms with Gasteiger partial charge in [-0.25, -0.2) is 9.78 Å². The molecule has 2 fully saturated rings. The van der Waals surface area contributed by atoms with E-state index in [0.29, 0.717) is 13.0 Å². The second-order valence-corrected chi connectivity index (χ2v) is 7.14. The SMILES string of the molecule is Cc1nc([C@H]2CCCN2C(=O)[C@H]2C[C@@H](C)[C@H](C(=O)O)O2)cs1. The summed E-state index contributed by atoms with van der Waals surface area (Å²) in [7, 11) is 0. The third-order valence-corrected chi connectivity index (χ3v) is 5.24. The average molecular weight is 324 g/mol. The molecule has 0 aliphatic carbocycles. The van der Waals surface area contributed by atoms with E-state index in [1.165, 1.54) is 0 Å². The highest BCUT2D eigenvalue weighted by atomic mass is 32.1. The Kier molecular flexibility index (Phi) is 4.18. The number of carbonyl (C=O) groups excluding carboxylic acids is 1. The standard InChI is InChI=1S/C15H20N2O4S/c1-8-6-12(21-13(8)15(19)20)14(18)17-5-3-4-11(17)10-7-22-9(2)16-10/h7-8,11-13H,3-6H2,1-2H3,(H,19,20)/t8-,11-,12-,13-/m1/s1. The number of aromatic nitrogens is 1. The molecule has 120 valence electrons. The number of carboxylic acids is 1. The predicted octanol–water partition coefficient (Wildman–Crippen LogP) is 1.99. The fourth-order valence-corrected chi connectivity index (χ4v) is 4.00. The number of hydrogen-bond donors (Lipinski definition) is 1. The first-order chi connectivity index (χ1) is 10.5. The summed E-state index contributed by atoms with van der Waals surface area (Å²) in [5, 5.41) is 12.1.